The number of hydrogen-bond donors (Lipinski definition) is 0. The van der Waals surface area contributed by atoms with E-state index in [0.717, 1.165) is 0 Å². The summed E-state index contributed by atoms with van der Waals surface area (Å²) >= 11 is 5.38. The molecule has 8 heavy (non-hydrogen) atoms. The first-order valence-corrected chi connectivity index (χ1v) is 2.52. The molecule has 0 unspecified atom stereocenters. The Bertz CT molecular complexity index is 94.6. The molecule has 0 fully saturated rings. The highest BCUT2D eigenvalue weighted by molar-refractivity contribution is 6.29. The Morgan fingerprint density at radius 2 is 2.50 bits per heavy atom. The second-order valence-corrected chi connectivity index (χ2v) is 1.82. The third-order valence-corrected chi connectivity index (χ3v) is 0.683. The van der Waals surface area contributed by atoms with Crippen LogP contribution in [0.15, 0.2) is 11.1 Å². The van der Waals surface area contributed by atoms with E-state index in [1.54, 1.807) is 13.0 Å². The second-order valence-electron chi connectivity index (χ2n) is 1.22. The van der Waals surface area contributed by atoms with E-state index in [1.165, 1.54) is 0 Å². The summed E-state index contributed by atoms with van der Waals surface area (Å²) in [6.07, 6.45) is 1.61. The van der Waals surface area contributed by atoms with Crippen LogP contribution in [0.1, 0.15) is 6.92 Å². The Kier molecular flexibility index (Phi) is 4.36. The lowest BCUT2D eigenvalue weighted by atomic mass is 10.5. The van der Waals surface area contributed by atoms with Crippen LogP contribution in [0.2, 0.25) is 0 Å². The fraction of sp³-hybridized carbons (Fsp3) is 0.400. The topological polar surface area (TPSA) is 26.3 Å². The van der Waals surface area contributed by atoms with Gasteiger partial charge in [-0.3, -0.25) is 4.79 Å². The number of rotatable bonds is 3. The number of allylic oxidation sites excluding steroid dienone is 1. The van der Waals surface area contributed by atoms with Gasteiger partial charge in [-0.1, -0.05) is 11.6 Å². The first-order chi connectivity index (χ1) is 3.77. The first kappa shape index (κ1) is 7.50. The molecule has 0 saturated carbocycles. The van der Waals surface area contributed by atoms with Crippen LogP contribution in [0.3, 0.4) is 0 Å². The molecular weight excluding hydrogens is 128 g/mol. The lowest BCUT2D eigenvalue weighted by molar-refractivity contribution is -0.127. The van der Waals surface area contributed by atoms with Crippen molar-refractivity contribution in [3.63, 3.8) is 0 Å². The van der Waals surface area contributed by atoms with Crippen molar-refractivity contribution < 1.29 is 9.53 Å². The Hall–Kier alpha value is -0.500. The molecule has 0 aliphatic rings. The number of carbonyl (C=O) groups excluding carboxylic acids is 1. The number of carbonyl (C=O) groups is 1. The van der Waals surface area contributed by atoms with Crippen molar-refractivity contribution in [2.45, 2.75) is 6.92 Å². The van der Waals surface area contributed by atoms with Gasteiger partial charge in [0, 0.05) is 5.03 Å². The molecule has 0 aliphatic carbocycles. The lowest BCUT2D eigenvalue weighted by Gasteiger charge is -1.87. The van der Waals surface area contributed by atoms with Gasteiger partial charge < -0.3 is 4.74 Å². The predicted molar refractivity (Wildman–Crippen MR) is 31.6 cm³/mol. The quantitative estimate of drug-likeness (QED) is 0.430. The van der Waals surface area contributed by atoms with Gasteiger partial charge in [-0.2, -0.15) is 0 Å². The lowest BCUT2D eigenvalue weighted by Crippen LogP contribution is -1.85. The molecule has 0 aromatic heterocycles. The summed E-state index contributed by atoms with van der Waals surface area (Å²) in [6.45, 7) is 2.37. The average molecular weight is 135 g/mol. The Morgan fingerprint density at radius 3 is 2.88 bits per heavy atom. The van der Waals surface area contributed by atoms with Crippen LogP contribution in [-0.4, -0.2) is 13.1 Å². The third-order valence-electron chi connectivity index (χ3n) is 0.529. The van der Waals surface area contributed by atoms with Gasteiger partial charge in [0.2, 0.25) is 0 Å². The molecule has 0 aromatic rings. The summed E-state index contributed by atoms with van der Waals surface area (Å²) in [5, 5.41) is 0.631. The van der Waals surface area contributed by atoms with Crippen molar-refractivity contribution >= 4 is 18.1 Å². The predicted octanol–water partition coefficient (Wildman–Crippen LogP) is 1.30. The average Bonchev–Trinajstić information content (AvgIpc) is 1.66. The zero-order valence-electron chi connectivity index (χ0n) is 4.56. The minimum Gasteiger partial charge on any atom is -0.464 e. The Morgan fingerprint density at radius 1 is 1.88 bits per heavy atom. The van der Waals surface area contributed by atoms with E-state index in [4.69, 9.17) is 11.6 Å². The molecule has 0 atom stereocenters. The van der Waals surface area contributed by atoms with Gasteiger partial charge in [-0.25, -0.2) is 0 Å². The van der Waals surface area contributed by atoms with Crippen molar-refractivity contribution in [2.24, 2.45) is 0 Å². The minimum absolute atomic E-state index is 0.263. The summed E-state index contributed by atoms with van der Waals surface area (Å²) in [7, 11) is 0. The molecule has 0 aromatic carbocycles. The van der Waals surface area contributed by atoms with E-state index in [9.17, 15) is 4.79 Å². The molecule has 0 radical (unpaired) electrons. The van der Waals surface area contributed by atoms with E-state index < -0.39 is 0 Å². The molecule has 0 N–H and O–H groups in total. The molecule has 0 saturated heterocycles. The van der Waals surface area contributed by atoms with Crippen LogP contribution in [0.25, 0.3) is 0 Å². The van der Waals surface area contributed by atoms with E-state index in [2.05, 4.69) is 4.74 Å². The summed E-state index contributed by atoms with van der Waals surface area (Å²) < 4.78 is 4.30. The molecule has 2 nitrogen and oxygen atoms in total. The van der Waals surface area contributed by atoms with Crippen molar-refractivity contribution in [1.82, 2.24) is 0 Å². The molecular formula is C5H7ClO2. The number of halogens is 1. The maximum atomic E-state index is 9.49. The van der Waals surface area contributed by atoms with Crippen LogP contribution >= 0.6 is 11.6 Å². The Labute approximate surface area is 53.1 Å². The smallest absolute Gasteiger partial charge is 0.293 e. The second kappa shape index (κ2) is 4.65. The highest BCUT2D eigenvalue weighted by atomic mass is 35.5. The van der Waals surface area contributed by atoms with Crippen LogP contribution in [0, 0.1) is 0 Å². The van der Waals surface area contributed by atoms with E-state index >= 15 is 0 Å². The van der Waals surface area contributed by atoms with Crippen LogP contribution < -0.4 is 0 Å². The van der Waals surface area contributed by atoms with E-state index in [1.807, 2.05) is 0 Å². The van der Waals surface area contributed by atoms with Gasteiger partial charge in [0.05, 0.1) is 0 Å². The standard InChI is InChI=1S/C5H7ClO2/c1-5(6)2-3-8-4-7/h2,4H,3H2,1H3/b5-2-. The molecule has 0 aliphatic heterocycles. The van der Waals surface area contributed by atoms with E-state index in [-0.39, 0.29) is 6.61 Å². The molecule has 0 amide bonds. The maximum absolute atomic E-state index is 9.49. The van der Waals surface area contributed by atoms with Crippen molar-refractivity contribution in [1.29, 1.82) is 0 Å². The zero-order valence-corrected chi connectivity index (χ0v) is 5.31. The monoisotopic (exact) mass is 134 g/mol. The van der Waals surface area contributed by atoms with E-state index in [0.29, 0.717) is 11.5 Å². The van der Waals surface area contributed by atoms with Crippen LogP contribution in [0.5, 0.6) is 0 Å². The summed E-state index contributed by atoms with van der Waals surface area (Å²) in [4.78, 5) is 9.49. The summed E-state index contributed by atoms with van der Waals surface area (Å²) in [6, 6.07) is 0. The summed E-state index contributed by atoms with van der Waals surface area (Å²) in [5.41, 5.74) is 0. The van der Waals surface area contributed by atoms with Gasteiger partial charge in [-0.05, 0) is 13.0 Å². The molecule has 0 bridgehead atoms. The van der Waals surface area contributed by atoms with Crippen molar-refractivity contribution in [3.8, 4) is 0 Å². The van der Waals surface area contributed by atoms with Crippen molar-refractivity contribution in [2.75, 3.05) is 6.61 Å². The fourth-order valence-electron chi connectivity index (χ4n) is 0.202. The zero-order chi connectivity index (χ0) is 6.41. The Balaban J connectivity index is 3.15. The SMILES string of the molecule is C/C(Cl)=C/COC=O. The largest absolute Gasteiger partial charge is 0.464 e. The van der Waals surface area contributed by atoms with Crippen molar-refractivity contribution in [3.05, 3.63) is 11.1 Å². The van der Waals surface area contributed by atoms with Crippen LogP contribution in [-0.2, 0) is 9.53 Å². The van der Waals surface area contributed by atoms with Gasteiger partial charge in [0.1, 0.15) is 6.61 Å². The maximum Gasteiger partial charge on any atom is 0.293 e. The molecule has 0 rings (SSSR count). The van der Waals surface area contributed by atoms with Gasteiger partial charge >= 0.3 is 0 Å². The van der Waals surface area contributed by atoms with Gasteiger partial charge in [-0.15, -0.1) is 0 Å². The molecule has 3 heteroatoms. The molecule has 0 heterocycles. The minimum atomic E-state index is 0.263. The highest BCUT2D eigenvalue weighted by Crippen LogP contribution is 1.95. The summed E-state index contributed by atoms with van der Waals surface area (Å²) in [5.74, 6) is 0. The number of ether oxygens (including phenoxy) is 1. The molecule has 0 spiro atoms. The van der Waals surface area contributed by atoms with Gasteiger partial charge in [0.15, 0.2) is 0 Å². The fourth-order valence-corrected chi connectivity index (χ4v) is 0.265. The number of hydrogen-bond acceptors (Lipinski definition) is 2. The third kappa shape index (κ3) is 5.50. The highest BCUT2D eigenvalue weighted by Gasteiger charge is 1.77. The molecule has 46 valence electrons. The van der Waals surface area contributed by atoms with Crippen LogP contribution in [0.4, 0.5) is 0 Å². The van der Waals surface area contributed by atoms with Gasteiger partial charge in [0.25, 0.3) is 6.47 Å². The normalized spacial score (nSPS) is 11.0. The first-order valence-electron chi connectivity index (χ1n) is 2.15.